The number of hydrogen-bond acceptors (Lipinski definition) is 4. The first-order chi connectivity index (χ1) is 6.98. The topological polar surface area (TPSA) is 83.6 Å². The maximum absolute atomic E-state index is 11.9. The molecular weight excluding hydrogens is 312 g/mol. The summed E-state index contributed by atoms with van der Waals surface area (Å²) in [7, 11) is -10.6. The summed E-state index contributed by atoms with van der Waals surface area (Å²) in [6, 6.07) is 0. The van der Waals surface area contributed by atoms with E-state index < -0.39 is 25.7 Å². The van der Waals surface area contributed by atoms with Crippen LogP contribution >= 0.6 is 0 Å². The van der Waals surface area contributed by atoms with Gasteiger partial charge in [0.2, 0.25) is 0 Å². The minimum atomic E-state index is -5.90. The summed E-state index contributed by atoms with van der Waals surface area (Å²) in [5.41, 5.74) is -5.66. The Hall–Kier alpha value is 1.25. The molecular formula is C5H12F3KN2O4S2. The number of hydrogen-bond donors (Lipinski definition) is 1. The zero-order valence-corrected chi connectivity index (χ0v) is 14.2. The second kappa shape index (κ2) is 7.14. The molecule has 0 aliphatic carbocycles. The Labute approximate surface area is 142 Å². The Kier molecular flexibility index (Phi) is 8.64. The van der Waals surface area contributed by atoms with E-state index >= 15 is 0 Å². The first kappa shape index (κ1) is 20.6. The van der Waals surface area contributed by atoms with Crippen LogP contribution in [0.15, 0.2) is 0 Å². The van der Waals surface area contributed by atoms with Gasteiger partial charge in [-0.3, -0.25) is 0 Å². The number of nitrogens with zero attached hydrogens (tertiary/aromatic N) is 1. The van der Waals surface area contributed by atoms with E-state index in [2.05, 4.69) is 0 Å². The summed E-state index contributed by atoms with van der Waals surface area (Å²) in [6.07, 6.45) is 0. The molecule has 0 spiro atoms. The van der Waals surface area contributed by atoms with Crippen molar-refractivity contribution in [3.05, 3.63) is 0 Å². The van der Waals surface area contributed by atoms with E-state index in [1.54, 1.807) is 0 Å². The zero-order chi connectivity index (χ0) is 13.2. The molecule has 0 aliphatic heterocycles. The number of halogens is 3. The van der Waals surface area contributed by atoms with Crippen molar-refractivity contribution in [1.82, 2.24) is 8.43 Å². The molecule has 0 aromatic rings. The molecule has 0 bridgehead atoms. The number of alkyl halides is 3. The van der Waals surface area contributed by atoms with E-state index in [1.807, 2.05) is 0 Å². The molecule has 6 nitrogen and oxygen atoms in total. The molecule has 0 unspecified atom stereocenters. The average Bonchev–Trinajstić information content (AvgIpc) is 2.00. The predicted octanol–water partition coefficient (Wildman–Crippen LogP) is -2.87. The average molecular weight is 324 g/mol. The van der Waals surface area contributed by atoms with Crippen molar-refractivity contribution in [1.29, 1.82) is 0 Å². The smallest absolute Gasteiger partial charge is 1.00 e. The van der Waals surface area contributed by atoms with Crippen molar-refractivity contribution in [2.24, 2.45) is 0 Å². The second-order valence-electron chi connectivity index (χ2n) is 2.62. The third-order valence-electron chi connectivity index (χ3n) is 1.57. The van der Waals surface area contributed by atoms with Gasteiger partial charge in [-0.05, 0) is 0 Å². The van der Waals surface area contributed by atoms with Gasteiger partial charge in [0.1, 0.15) is 0 Å². The Bertz CT molecular complexity index is 434. The number of rotatable bonds is 5. The van der Waals surface area contributed by atoms with Crippen LogP contribution in [-0.4, -0.2) is 39.7 Å². The van der Waals surface area contributed by atoms with Crippen LogP contribution < -0.4 is 55.5 Å². The van der Waals surface area contributed by atoms with Gasteiger partial charge >= 0.3 is 66.9 Å². The SMILES string of the molecule is CCN(CC)S(=O)(=O)NS(=O)(=O)C(F)(F)F.[H-].[K+]. The minimum Gasteiger partial charge on any atom is -1.00 e. The van der Waals surface area contributed by atoms with Crippen molar-refractivity contribution in [3.63, 3.8) is 0 Å². The van der Waals surface area contributed by atoms with Gasteiger partial charge < -0.3 is 1.43 Å². The van der Waals surface area contributed by atoms with Crippen LogP contribution in [0, 0.1) is 0 Å². The van der Waals surface area contributed by atoms with Gasteiger partial charge in [-0.2, -0.15) is 25.9 Å². The molecule has 0 aromatic carbocycles. The van der Waals surface area contributed by atoms with Gasteiger partial charge in [-0.15, -0.1) is 0 Å². The van der Waals surface area contributed by atoms with E-state index in [4.69, 9.17) is 0 Å². The normalized spacial score (nSPS) is 13.5. The van der Waals surface area contributed by atoms with E-state index in [-0.39, 0.29) is 65.9 Å². The molecule has 0 saturated carbocycles. The molecule has 1 N–H and O–H groups in total. The summed E-state index contributed by atoms with van der Waals surface area (Å²) < 4.78 is 80.4. The number of sulfonamides is 1. The first-order valence-electron chi connectivity index (χ1n) is 4.08. The van der Waals surface area contributed by atoms with Crippen molar-refractivity contribution < 1.29 is 82.8 Å². The van der Waals surface area contributed by atoms with E-state index in [1.165, 1.54) is 13.8 Å². The van der Waals surface area contributed by atoms with Crippen molar-refractivity contribution >= 4 is 20.2 Å². The maximum atomic E-state index is 11.9. The van der Waals surface area contributed by atoms with Crippen molar-refractivity contribution in [2.75, 3.05) is 13.1 Å². The Morgan fingerprint density at radius 1 is 1.12 bits per heavy atom. The van der Waals surface area contributed by atoms with Crippen molar-refractivity contribution in [2.45, 2.75) is 19.4 Å². The van der Waals surface area contributed by atoms with Gasteiger partial charge in [0.15, 0.2) is 0 Å². The van der Waals surface area contributed by atoms with E-state index in [0.717, 1.165) is 0 Å². The molecule has 0 saturated heterocycles. The van der Waals surface area contributed by atoms with Crippen molar-refractivity contribution in [3.8, 4) is 0 Å². The Morgan fingerprint density at radius 2 is 1.47 bits per heavy atom. The van der Waals surface area contributed by atoms with Crippen LogP contribution in [0.25, 0.3) is 0 Å². The molecule has 0 atom stereocenters. The minimum absolute atomic E-state index is 0. The monoisotopic (exact) mass is 324 g/mol. The van der Waals surface area contributed by atoms with Gasteiger partial charge in [-0.25, -0.2) is 8.42 Å². The standard InChI is InChI=1S/C5H11F3N2O4S2.K.H/c1-3-10(4-2)16(13,14)9-15(11,12)5(6,7)8;;/h9H,3-4H2,1-2H3;;/q;+1;-1. The van der Waals surface area contributed by atoms with Gasteiger partial charge in [-0.1, -0.05) is 18.0 Å². The first-order valence-corrected chi connectivity index (χ1v) is 7.00. The summed E-state index contributed by atoms with van der Waals surface area (Å²) in [4.78, 5) is 0. The molecule has 0 heterocycles. The summed E-state index contributed by atoms with van der Waals surface area (Å²) >= 11 is 0. The van der Waals surface area contributed by atoms with Gasteiger partial charge in [0.05, 0.1) is 0 Å². The molecule has 0 amide bonds. The maximum Gasteiger partial charge on any atom is 1.00 e. The van der Waals surface area contributed by atoms with E-state index in [0.29, 0.717) is 8.43 Å². The summed E-state index contributed by atoms with van der Waals surface area (Å²) in [5.74, 6) is 0. The van der Waals surface area contributed by atoms with Crippen LogP contribution in [0.1, 0.15) is 15.3 Å². The Morgan fingerprint density at radius 3 is 1.71 bits per heavy atom. The van der Waals surface area contributed by atoms with E-state index in [9.17, 15) is 30.0 Å². The van der Waals surface area contributed by atoms with Crippen LogP contribution in [0.5, 0.6) is 0 Å². The summed E-state index contributed by atoms with van der Waals surface area (Å²) in [6.45, 7) is 2.45. The molecule has 0 rings (SSSR count). The van der Waals surface area contributed by atoms with Crippen LogP contribution in [0.3, 0.4) is 0 Å². The fourth-order valence-electron chi connectivity index (χ4n) is 0.802. The zero-order valence-electron chi connectivity index (χ0n) is 10.4. The molecule has 0 aliphatic rings. The molecule has 100 valence electrons. The second-order valence-corrected chi connectivity index (χ2v) is 6.22. The molecule has 0 aromatic heterocycles. The Balaban J connectivity index is -0.00000112. The van der Waals surface area contributed by atoms with Crippen LogP contribution in [-0.2, 0) is 20.2 Å². The molecule has 0 fully saturated rings. The predicted molar refractivity (Wildman–Crippen MR) is 51.1 cm³/mol. The quantitative estimate of drug-likeness (QED) is 0.551. The van der Waals surface area contributed by atoms with Gasteiger partial charge in [0, 0.05) is 13.1 Å². The van der Waals surface area contributed by atoms with Crippen LogP contribution in [0.4, 0.5) is 13.2 Å². The summed E-state index contributed by atoms with van der Waals surface area (Å²) in [5, 5.41) is 0. The molecule has 12 heteroatoms. The number of nitrogens with one attached hydrogen (secondary N) is 1. The fourth-order valence-corrected chi connectivity index (χ4v) is 3.39. The third kappa shape index (κ3) is 5.82. The largest absolute Gasteiger partial charge is 1.00 e. The van der Waals surface area contributed by atoms with Crippen LogP contribution in [0.2, 0.25) is 0 Å². The molecule has 17 heavy (non-hydrogen) atoms. The van der Waals surface area contributed by atoms with Gasteiger partial charge in [0.25, 0.3) is 10.2 Å². The third-order valence-corrected chi connectivity index (χ3v) is 5.09. The molecule has 0 radical (unpaired) electrons. The fraction of sp³-hybridized carbons (Fsp3) is 1.00.